The van der Waals surface area contributed by atoms with Gasteiger partial charge in [-0.25, -0.2) is 9.78 Å². The van der Waals surface area contributed by atoms with Crippen LogP contribution in [0.4, 0.5) is 0 Å². The van der Waals surface area contributed by atoms with E-state index in [2.05, 4.69) is 4.98 Å². The number of carbonyl (C=O) groups is 2. The summed E-state index contributed by atoms with van der Waals surface area (Å²) in [4.78, 5) is 30.1. The average Bonchev–Trinajstić information content (AvgIpc) is 3.25. The van der Waals surface area contributed by atoms with Crippen LogP contribution >= 0.6 is 0 Å². The summed E-state index contributed by atoms with van der Waals surface area (Å²) in [5.41, 5.74) is 2.53. The molecule has 3 aromatic rings. The minimum absolute atomic E-state index is 0.101. The molecule has 1 aromatic carbocycles. The van der Waals surface area contributed by atoms with Gasteiger partial charge in [-0.1, -0.05) is 18.2 Å². The molecule has 2 aromatic heterocycles. The van der Waals surface area contributed by atoms with Gasteiger partial charge < -0.3 is 14.2 Å². The number of Topliss-reactive ketones (excluding diaryl/α,β-unsaturated/α-hetero) is 1. The van der Waals surface area contributed by atoms with Gasteiger partial charge in [0.2, 0.25) is 6.10 Å². The number of hydrogen-bond acceptors (Lipinski definition) is 6. The van der Waals surface area contributed by atoms with Crippen LogP contribution < -0.4 is 9.47 Å². The third-order valence-electron chi connectivity index (χ3n) is 5.13. The predicted molar refractivity (Wildman–Crippen MR) is 106 cm³/mol. The second kappa shape index (κ2) is 7.58. The highest BCUT2D eigenvalue weighted by atomic mass is 16.6. The molecule has 1 aliphatic heterocycles. The van der Waals surface area contributed by atoms with Gasteiger partial charge >= 0.3 is 5.97 Å². The zero-order valence-corrected chi connectivity index (χ0v) is 16.5. The Hall–Kier alpha value is -3.35. The van der Waals surface area contributed by atoms with Crippen molar-refractivity contribution in [3.8, 4) is 11.5 Å². The fourth-order valence-corrected chi connectivity index (χ4v) is 3.88. The molecule has 0 amide bonds. The topological polar surface area (TPSA) is 79.1 Å². The maximum atomic E-state index is 13.3. The third-order valence-corrected chi connectivity index (χ3v) is 5.13. The fraction of sp³-hybridized carbons (Fsp3) is 0.318. The molecule has 0 radical (unpaired) electrons. The summed E-state index contributed by atoms with van der Waals surface area (Å²) in [6, 6.07) is 11.0. The number of methoxy groups -OCH3 is 1. The molecule has 7 nitrogen and oxygen atoms in total. The third kappa shape index (κ3) is 3.22. The van der Waals surface area contributed by atoms with E-state index in [-0.39, 0.29) is 12.2 Å². The number of esters is 1. The van der Waals surface area contributed by atoms with E-state index in [1.54, 1.807) is 23.6 Å². The Labute approximate surface area is 168 Å². The fourth-order valence-electron chi connectivity index (χ4n) is 3.88. The number of fused-ring (bicyclic) bond motifs is 2. The summed E-state index contributed by atoms with van der Waals surface area (Å²) in [5, 5.41) is 0. The Balaban J connectivity index is 1.71. The van der Waals surface area contributed by atoms with Crippen LogP contribution in [0.1, 0.15) is 41.0 Å². The van der Waals surface area contributed by atoms with Gasteiger partial charge in [0.1, 0.15) is 11.4 Å². The number of aromatic nitrogens is 2. The second-order valence-electron chi connectivity index (χ2n) is 6.88. The number of ether oxygens (including phenoxy) is 3. The molecule has 0 saturated heterocycles. The maximum Gasteiger partial charge on any atom is 0.347 e. The maximum absolute atomic E-state index is 13.3. The summed E-state index contributed by atoms with van der Waals surface area (Å²) in [6.07, 6.45) is 1.05. The molecule has 0 N–H and O–H groups in total. The van der Waals surface area contributed by atoms with Crippen molar-refractivity contribution in [3.05, 3.63) is 59.5 Å². The smallest absolute Gasteiger partial charge is 0.347 e. The quantitative estimate of drug-likeness (QED) is 0.471. The lowest BCUT2D eigenvalue weighted by atomic mass is 9.89. The van der Waals surface area contributed by atoms with Gasteiger partial charge in [0, 0.05) is 24.1 Å². The monoisotopic (exact) mass is 394 g/mol. The van der Waals surface area contributed by atoms with E-state index in [4.69, 9.17) is 14.2 Å². The van der Waals surface area contributed by atoms with Gasteiger partial charge in [0.15, 0.2) is 17.2 Å². The van der Waals surface area contributed by atoms with Crippen molar-refractivity contribution < 1.29 is 23.8 Å². The van der Waals surface area contributed by atoms with E-state index in [0.717, 1.165) is 5.56 Å². The number of para-hydroxylation sites is 1. The second-order valence-corrected chi connectivity index (χ2v) is 6.88. The molecular formula is C22H22N2O5. The minimum Gasteiger partial charge on any atom is -0.490 e. The lowest BCUT2D eigenvalue weighted by molar-refractivity contribution is -0.148. The number of aryl methyl sites for hydroxylation is 1. The summed E-state index contributed by atoms with van der Waals surface area (Å²) in [7, 11) is 1.32. The number of benzene rings is 1. The van der Waals surface area contributed by atoms with E-state index < -0.39 is 18.0 Å². The molecule has 0 bridgehead atoms. The number of pyridine rings is 1. The molecule has 29 heavy (non-hydrogen) atoms. The molecule has 3 heterocycles. The van der Waals surface area contributed by atoms with Crippen LogP contribution in [0.15, 0.2) is 42.6 Å². The van der Waals surface area contributed by atoms with Crippen LogP contribution in [-0.4, -0.2) is 41.0 Å². The molecule has 0 unspecified atom stereocenters. The zero-order chi connectivity index (χ0) is 20.5. The van der Waals surface area contributed by atoms with Crippen molar-refractivity contribution in [1.29, 1.82) is 0 Å². The first-order valence-corrected chi connectivity index (χ1v) is 9.52. The highest BCUT2D eigenvalue weighted by molar-refractivity contribution is 5.98. The van der Waals surface area contributed by atoms with Crippen LogP contribution in [0, 0.1) is 6.92 Å². The lowest BCUT2D eigenvalue weighted by Gasteiger charge is -2.16. The molecule has 0 aliphatic carbocycles. The standard InChI is InChI=1S/C22H22N2O5/c1-4-28-18-10-7-11-24-19(13(2)23-21(18)24)16(25)12-15-14-8-5-6-9-17(14)29-20(15)22(26)27-3/h5-11,15,20H,4,12H2,1-3H3/t15-,20-/m0/s1. The van der Waals surface area contributed by atoms with E-state index in [1.165, 1.54) is 7.11 Å². The van der Waals surface area contributed by atoms with Crippen molar-refractivity contribution in [2.75, 3.05) is 13.7 Å². The Bertz CT molecular complexity index is 1090. The van der Waals surface area contributed by atoms with Crippen molar-refractivity contribution in [1.82, 2.24) is 9.38 Å². The molecular weight excluding hydrogens is 372 g/mol. The number of nitrogens with zero attached hydrogens (tertiary/aromatic N) is 2. The van der Waals surface area contributed by atoms with Crippen molar-refractivity contribution >= 4 is 17.4 Å². The molecule has 7 heteroatoms. The number of imidazole rings is 1. The van der Waals surface area contributed by atoms with Crippen molar-refractivity contribution in [2.45, 2.75) is 32.3 Å². The Morgan fingerprint density at radius 1 is 1.21 bits per heavy atom. The summed E-state index contributed by atoms with van der Waals surface area (Å²) in [5.74, 6) is 0.190. The molecule has 4 rings (SSSR count). The summed E-state index contributed by atoms with van der Waals surface area (Å²) >= 11 is 0. The zero-order valence-electron chi connectivity index (χ0n) is 16.5. The van der Waals surface area contributed by atoms with Crippen LogP contribution in [0.2, 0.25) is 0 Å². The van der Waals surface area contributed by atoms with Crippen LogP contribution in [0.5, 0.6) is 11.5 Å². The average molecular weight is 394 g/mol. The van der Waals surface area contributed by atoms with E-state index in [9.17, 15) is 9.59 Å². The lowest BCUT2D eigenvalue weighted by Crippen LogP contribution is -2.31. The van der Waals surface area contributed by atoms with E-state index >= 15 is 0 Å². The molecule has 150 valence electrons. The summed E-state index contributed by atoms with van der Waals surface area (Å²) in [6.45, 7) is 4.20. The predicted octanol–water partition coefficient (Wildman–Crippen LogP) is 3.33. The first kappa shape index (κ1) is 19.0. The SMILES string of the molecule is CCOc1cccn2c(C(=O)C[C@H]3c4ccccc4O[C@@H]3C(=O)OC)c(C)nc12. The largest absolute Gasteiger partial charge is 0.490 e. The first-order valence-electron chi connectivity index (χ1n) is 9.52. The summed E-state index contributed by atoms with van der Waals surface area (Å²) < 4.78 is 18.1. The first-order chi connectivity index (χ1) is 14.0. The number of carbonyl (C=O) groups excluding carboxylic acids is 2. The van der Waals surface area contributed by atoms with Crippen molar-refractivity contribution in [3.63, 3.8) is 0 Å². The van der Waals surface area contributed by atoms with Gasteiger partial charge in [-0.15, -0.1) is 0 Å². The van der Waals surface area contributed by atoms with E-state index in [0.29, 0.717) is 35.1 Å². The van der Waals surface area contributed by atoms with Crippen molar-refractivity contribution in [2.24, 2.45) is 0 Å². The van der Waals surface area contributed by atoms with Gasteiger partial charge in [0.25, 0.3) is 0 Å². The Morgan fingerprint density at radius 2 is 2.00 bits per heavy atom. The number of rotatable bonds is 6. The Morgan fingerprint density at radius 3 is 2.76 bits per heavy atom. The molecule has 1 aliphatic rings. The molecule has 0 saturated carbocycles. The number of ketones is 1. The van der Waals surface area contributed by atoms with Crippen LogP contribution in [-0.2, 0) is 9.53 Å². The van der Waals surface area contributed by atoms with Crippen LogP contribution in [0.25, 0.3) is 5.65 Å². The Kier molecular flexibility index (Phi) is 4.96. The highest BCUT2D eigenvalue weighted by Crippen LogP contribution is 2.41. The number of hydrogen-bond donors (Lipinski definition) is 0. The van der Waals surface area contributed by atoms with Crippen LogP contribution in [0.3, 0.4) is 0 Å². The molecule has 2 atom stereocenters. The molecule has 0 spiro atoms. The van der Waals surface area contributed by atoms with Gasteiger partial charge in [-0.05, 0) is 32.0 Å². The molecule has 0 fully saturated rings. The normalized spacial score (nSPS) is 17.6. The van der Waals surface area contributed by atoms with E-state index in [1.807, 2.05) is 37.3 Å². The minimum atomic E-state index is -0.847. The van der Waals surface area contributed by atoms with Gasteiger partial charge in [0.05, 0.1) is 19.4 Å². The van der Waals surface area contributed by atoms with Gasteiger partial charge in [-0.2, -0.15) is 0 Å². The van der Waals surface area contributed by atoms with Gasteiger partial charge in [-0.3, -0.25) is 9.20 Å². The highest BCUT2D eigenvalue weighted by Gasteiger charge is 2.41.